The maximum Gasteiger partial charge on any atom is 0.243 e. The number of carbonyl (C=O) groups is 2. The van der Waals surface area contributed by atoms with Gasteiger partial charge in [-0.3, -0.25) is 9.59 Å². The van der Waals surface area contributed by atoms with Crippen LogP contribution in [0.25, 0.3) is 0 Å². The highest BCUT2D eigenvalue weighted by molar-refractivity contribution is 5.94. The number of benzene rings is 2. The SMILES string of the molecule is CC(=O)N(CCc1ccccc1)CC(=O)Nc1ccc(OCCN)cc1.Cl. The molecule has 0 spiro atoms. The Morgan fingerprint density at radius 1 is 1.07 bits per heavy atom. The first kappa shape index (κ1) is 22.5. The predicted octanol–water partition coefficient (Wildman–Crippen LogP) is 2.48. The molecule has 0 fully saturated rings. The smallest absolute Gasteiger partial charge is 0.243 e. The van der Waals surface area contributed by atoms with Crippen LogP contribution in [0.3, 0.4) is 0 Å². The van der Waals surface area contributed by atoms with Crippen molar-refractivity contribution in [1.29, 1.82) is 0 Å². The summed E-state index contributed by atoms with van der Waals surface area (Å²) >= 11 is 0. The van der Waals surface area contributed by atoms with Crippen molar-refractivity contribution in [3.05, 3.63) is 60.2 Å². The Labute approximate surface area is 166 Å². The summed E-state index contributed by atoms with van der Waals surface area (Å²) in [6.45, 7) is 2.89. The quantitative estimate of drug-likeness (QED) is 0.687. The lowest BCUT2D eigenvalue weighted by Gasteiger charge is -2.20. The van der Waals surface area contributed by atoms with E-state index in [1.165, 1.54) is 6.92 Å². The number of hydrogen-bond donors (Lipinski definition) is 2. The normalized spacial score (nSPS) is 9.85. The third-order valence-electron chi connectivity index (χ3n) is 3.82. The van der Waals surface area contributed by atoms with E-state index in [-0.39, 0.29) is 30.8 Å². The fourth-order valence-corrected chi connectivity index (χ4v) is 2.44. The summed E-state index contributed by atoms with van der Waals surface area (Å²) in [5.74, 6) is 0.340. The van der Waals surface area contributed by atoms with Gasteiger partial charge in [0, 0.05) is 25.7 Å². The molecule has 0 aromatic heterocycles. The van der Waals surface area contributed by atoms with E-state index >= 15 is 0 Å². The topological polar surface area (TPSA) is 84.7 Å². The zero-order valence-electron chi connectivity index (χ0n) is 15.4. The average Bonchev–Trinajstić information content (AvgIpc) is 2.65. The number of nitrogens with one attached hydrogen (secondary N) is 1. The monoisotopic (exact) mass is 391 g/mol. The molecule has 0 radical (unpaired) electrons. The molecule has 0 saturated carbocycles. The van der Waals surface area contributed by atoms with E-state index < -0.39 is 0 Å². The van der Waals surface area contributed by atoms with Crippen LogP contribution in [-0.2, 0) is 16.0 Å². The van der Waals surface area contributed by atoms with Crippen LogP contribution in [0.4, 0.5) is 5.69 Å². The van der Waals surface area contributed by atoms with Crippen LogP contribution in [-0.4, -0.2) is 43.0 Å². The van der Waals surface area contributed by atoms with Crippen LogP contribution in [0.1, 0.15) is 12.5 Å². The number of anilines is 1. The first-order chi connectivity index (χ1) is 12.6. The minimum Gasteiger partial charge on any atom is -0.492 e. The molecule has 146 valence electrons. The second-order valence-corrected chi connectivity index (χ2v) is 5.89. The fraction of sp³-hybridized carbons (Fsp3) is 0.300. The first-order valence-electron chi connectivity index (χ1n) is 8.60. The standard InChI is InChI=1S/C20H25N3O3.ClH/c1-16(24)23(13-11-17-5-3-2-4-6-17)15-20(25)22-18-7-9-19(10-8-18)26-14-12-21;/h2-10H,11-15,21H2,1H3,(H,22,25);1H. The molecule has 0 atom stereocenters. The zero-order valence-corrected chi connectivity index (χ0v) is 16.2. The van der Waals surface area contributed by atoms with E-state index in [0.29, 0.717) is 37.6 Å². The highest BCUT2D eigenvalue weighted by Crippen LogP contribution is 2.15. The van der Waals surface area contributed by atoms with Crippen LogP contribution in [0.15, 0.2) is 54.6 Å². The summed E-state index contributed by atoms with van der Waals surface area (Å²) in [6, 6.07) is 16.9. The van der Waals surface area contributed by atoms with Crippen molar-refractivity contribution in [2.45, 2.75) is 13.3 Å². The number of carbonyl (C=O) groups excluding carboxylic acids is 2. The second-order valence-electron chi connectivity index (χ2n) is 5.89. The maximum atomic E-state index is 12.2. The summed E-state index contributed by atoms with van der Waals surface area (Å²) in [5, 5.41) is 2.80. The van der Waals surface area contributed by atoms with Gasteiger partial charge >= 0.3 is 0 Å². The molecule has 0 bridgehead atoms. The van der Waals surface area contributed by atoms with E-state index in [9.17, 15) is 9.59 Å². The van der Waals surface area contributed by atoms with E-state index in [2.05, 4.69) is 5.32 Å². The van der Waals surface area contributed by atoms with Crippen molar-refractivity contribution in [2.75, 3.05) is 31.6 Å². The number of rotatable bonds is 9. The third-order valence-corrected chi connectivity index (χ3v) is 3.82. The molecular weight excluding hydrogens is 366 g/mol. The molecule has 0 aliphatic rings. The van der Waals surface area contributed by atoms with E-state index in [1.54, 1.807) is 29.2 Å². The third kappa shape index (κ3) is 8.11. The molecule has 6 nitrogen and oxygen atoms in total. The minimum atomic E-state index is -0.233. The Morgan fingerprint density at radius 3 is 2.33 bits per heavy atom. The van der Waals surface area contributed by atoms with Gasteiger partial charge in [0.15, 0.2) is 0 Å². The molecule has 0 aliphatic heterocycles. The summed E-state index contributed by atoms with van der Waals surface area (Å²) in [5.41, 5.74) is 7.18. The van der Waals surface area contributed by atoms with Crippen molar-refractivity contribution >= 4 is 29.9 Å². The van der Waals surface area contributed by atoms with Gasteiger partial charge in [-0.25, -0.2) is 0 Å². The van der Waals surface area contributed by atoms with E-state index in [0.717, 1.165) is 5.56 Å². The summed E-state index contributed by atoms with van der Waals surface area (Å²) in [7, 11) is 0. The summed E-state index contributed by atoms with van der Waals surface area (Å²) in [6.07, 6.45) is 0.709. The van der Waals surface area contributed by atoms with Gasteiger partial charge in [-0.1, -0.05) is 30.3 Å². The molecule has 0 unspecified atom stereocenters. The number of amides is 2. The van der Waals surface area contributed by atoms with Gasteiger partial charge in [-0.2, -0.15) is 0 Å². The van der Waals surface area contributed by atoms with Crippen molar-refractivity contribution < 1.29 is 14.3 Å². The van der Waals surface area contributed by atoms with Gasteiger partial charge in [-0.05, 0) is 36.2 Å². The number of halogens is 1. The Balaban J connectivity index is 0.00000364. The van der Waals surface area contributed by atoms with Crippen LogP contribution < -0.4 is 15.8 Å². The molecule has 2 aromatic carbocycles. The molecule has 7 heteroatoms. The molecule has 2 aromatic rings. The van der Waals surface area contributed by atoms with Crippen molar-refractivity contribution in [3.63, 3.8) is 0 Å². The number of ether oxygens (including phenoxy) is 1. The van der Waals surface area contributed by atoms with Gasteiger partial charge in [0.05, 0.1) is 6.54 Å². The summed E-state index contributed by atoms with van der Waals surface area (Å²) in [4.78, 5) is 25.6. The van der Waals surface area contributed by atoms with Crippen LogP contribution in [0.2, 0.25) is 0 Å². The number of nitrogens with two attached hydrogens (primary N) is 1. The second kappa shape index (κ2) is 11.9. The lowest BCUT2D eigenvalue weighted by atomic mass is 10.1. The van der Waals surface area contributed by atoms with Gasteiger partial charge in [0.1, 0.15) is 12.4 Å². The molecule has 0 saturated heterocycles. The van der Waals surface area contributed by atoms with E-state index in [4.69, 9.17) is 10.5 Å². The van der Waals surface area contributed by atoms with Gasteiger partial charge < -0.3 is 20.7 Å². The molecule has 3 N–H and O–H groups in total. The average molecular weight is 392 g/mol. The van der Waals surface area contributed by atoms with E-state index in [1.807, 2.05) is 30.3 Å². The molecule has 27 heavy (non-hydrogen) atoms. The Kier molecular flexibility index (Phi) is 9.93. The highest BCUT2D eigenvalue weighted by atomic mass is 35.5. The minimum absolute atomic E-state index is 0. The summed E-state index contributed by atoms with van der Waals surface area (Å²) < 4.78 is 5.39. The molecular formula is C20H26ClN3O3. The van der Waals surface area contributed by atoms with Crippen molar-refractivity contribution in [3.8, 4) is 5.75 Å². The van der Waals surface area contributed by atoms with Gasteiger partial charge in [0.25, 0.3) is 0 Å². The van der Waals surface area contributed by atoms with Gasteiger partial charge in [-0.15, -0.1) is 12.4 Å². The molecule has 0 aliphatic carbocycles. The predicted molar refractivity (Wildman–Crippen MR) is 109 cm³/mol. The number of nitrogens with zero attached hydrogens (tertiary/aromatic N) is 1. The largest absolute Gasteiger partial charge is 0.492 e. The molecule has 0 heterocycles. The molecule has 2 rings (SSSR count). The Bertz CT molecular complexity index is 708. The first-order valence-corrected chi connectivity index (χ1v) is 8.60. The van der Waals surface area contributed by atoms with Crippen molar-refractivity contribution in [2.24, 2.45) is 5.73 Å². The van der Waals surface area contributed by atoms with Crippen LogP contribution in [0.5, 0.6) is 5.75 Å². The fourth-order valence-electron chi connectivity index (χ4n) is 2.44. The van der Waals surface area contributed by atoms with Crippen LogP contribution in [0, 0.1) is 0 Å². The number of hydrogen-bond acceptors (Lipinski definition) is 4. The Morgan fingerprint density at radius 2 is 1.74 bits per heavy atom. The Hall–Kier alpha value is -2.57. The molecule has 2 amide bonds. The zero-order chi connectivity index (χ0) is 18.8. The maximum absolute atomic E-state index is 12.2. The van der Waals surface area contributed by atoms with Gasteiger partial charge in [0.2, 0.25) is 11.8 Å². The highest BCUT2D eigenvalue weighted by Gasteiger charge is 2.13. The van der Waals surface area contributed by atoms with Crippen molar-refractivity contribution in [1.82, 2.24) is 4.90 Å². The lowest BCUT2D eigenvalue weighted by molar-refractivity contribution is -0.132. The lowest BCUT2D eigenvalue weighted by Crippen LogP contribution is -2.37. The van der Waals surface area contributed by atoms with Crippen LogP contribution >= 0.6 is 12.4 Å².